The second kappa shape index (κ2) is 6.25. The summed E-state index contributed by atoms with van der Waals surface area (Å²) in [7, 11) is 0. The second-order valence-electron chi connectivity index (χ2n) is 5.10. The molecule has 1 N–H and O–H groups in total. The second-order valence-corrected chi connectivity index (χ2v) is 6.39. The van der Waals surface area contributed by atoms with Gasteiger partial charge in [0.15, 0.2) is 0 Å². The van der Waals surface area contributed by atoms with Crippen molar-refractivity contribution >= 4 is 33.4 Å². The van der Waals surface area contributed by atoms with Crippen LogP contribution in [0, 0.1) is 0 Å². The summed E-state index contributed by atoms with van der Waals surface area (Å²) in [5, 5.41) is 2.68. The van der Waals surface area contributed by atoms with E-state index in [0.717, 1.165) is 17.3 Å². The summed E-state index contributed by atoms with van der Waals surface area (Å²) in [5.41, 5.74) is 3.62. The molecule has 3 nitrogen and oxygen atoms in total. The van der Waals surface area contributed by atoms with Crippen LogP contribution in [0.2, 0.25) is 5.02 Å². The molecule has 0 radical (unpaired) electrons. The number of hydrogen-bond acceptors (Lipinski definition) is 2. The van der Waals surface area contributed by atoms with Gasteiger partial charge in [0.05, 0.1) is 5.56 Å². The highest BCUT2D eigenvalue weighted by molar-refractivity contribution is 9.10. The molecule has 1 fully saturated rings. The predicted molar refractivity (Wildman–Crippen MR) is 81.2 cm³/mol. The molecular formula is C14H18BrClN2O. The van der Waals surface area contributed by atoms with Crippen molar-refractivity contribution in [1.29, 1.82) is 0 Å². The van der Waals surface area contributed by atoms with E-state index in [1.165, 1.54) is 6.42 Å². The first-order valence-electron chi connectivity index (χ1n) is 6.53. The summed E-state index contributed by atoms with van der Waals surface area (Å²) in [6, 6.07) is 5.95. The number of hydrogen-bond donors (Lipinski definition) is 1. The standard InChI is InChI=1S/C14H18BrClN2O/c1-9-4-3-5-10(2)18(9)17-14(19)12-7-6-11(16)8-13(12)15/h6-10H,3-5H2,1-2H3,(H,17,19). The van der Waals surface area contributed by atoms with Crippen LogP contribution in [-0.4, -0.2) is 23.0 Å². The summed E-state index contributed by atoms with van der Waals surface area (Å²) in [6.45, 7) is 4.29. The van der Waals surface area contributed by atoms with E-state index >= 15 is 0 Å². The SMILES string of the molecule is CC1CCCC(C)N1NC(=O)c1ccc(Cl)cc1Br. The van der Waals surface area contributed by atoms with Crippen LogP contribution in [0.1, 0.15) is 43.5 Å². The van der Waals surface area contributed by atoms with Gasteiger partial charge in [0, 0.05) is 21.6 Å². The minimum Gasteiger partial charge on any atom is -0.284 e. The fourth-order valence-electron chi connectivity index (χ4n) is 2.49. The van der Waals surface area contributed by atoms with Crippen LogP contribution >= 0.6 is 27.5 Å². The van der Waals surface area contributed by atoms with E-state index in [1.54, 1.807) is 18.2 Å². The highest BCUT2D eigenvalue weighted by atomic mass is 79.9. The minimum absolute atomic E-state index is 0.0934. The minimum atomic E-state index is -0.0934. The van der Waals surface area contributed by atoms with Crippen molar-refractivity contribution in [2.24, 2.45) is 0 Å². The van der Waals surface area contributed by atoms with Crippen molar-refractivity contribution in [2.45, 2.75) is 45.2 Å². The lowest BCUT2D eigenvalue weighted by Crippen LogP contribution is -2.54. The number of nitrogens with one attached hydrogen (secondary N) is 1. The quantitative estimate of drug-likeness (QED) is 0.878. The van der Waals surface area contributed by atoms with Gasteiger partial charge >= 0.3 is 0 Å². The highest BCUT2D eigenvalue weighted by Gasteiger charge is 2.26. The van der Waals surface area contributed by atoms with E-state index in [0.29, 0.717) is 22.7 Å². The average molecular weight is 346 g/mol. The van der Waals surface area contributed by atoms with Crippen molar-refractivity contribution < 1.29 is 4.79 Å². The molecule has 0 aromatic heterocycles. The lowest BCUT2D eigenvalue weighted by atomic mass is 10.00. The number of halogens is 2. The molecule has 1 amide bonds. The maximum absolute atomic E-state index is 12.3. The van der Waals surface area contributed by atoms with Gasteiger partial charge in [-0.1, -0.05) is 18.0 Å². The van der Waals surface area contributed by atoms with Crippen LogP contribution in [0.5, 0.6) is 0 Å². The fourth-order valence-corrected chi connectivity index (χ4v) is 3.36. The van der Waals surface area contributed by atoms with E-state index in [9.17, 15) is 4.79 Å². The van der Waals surface area contributed by atoms with Gasteiger partial charge < -0.3 is 0 Å². The molecule has 5 heteroatoms. The molecule has 1 aliphatic rings. The smallest absolute Gasteiger partial charge is 0.266 e. The highest BCUT2D eigenvalue weighted by Crippen LogP contribution is 2.23. The summed E-state index contributed by atoms with van der Waals surface area (Å²) >= 11 is 9.27. The molecule has 1 saturated heterocycles. The van der Waals surface area contributed by atoms with E-state index < -0.39 is 0 Å². The molecule has 0 aliphatic carbocycles. The molecule has 1 aromatic carbocycles. The first-order valence-corrected chi connectivity index (χ1v) is 7.70. The van der Waals surface area contributed by atoms with Crippen LogP contribution in [0.25, 0.3) is 0 Å². The zero-order valence-corrected chi connectivity index (χ0v) is 13.5. The van der Waals surface area contributed by atoms with Crippen LogP contribution in [0.4, 0.5) is 0 Å². The molecule has 1 aromatic rings. The van der Waals surface area contributed by atoms with E-state index in [-0.39, 0.29) is 5.91 Å². The first-order chi connectivity index (χ1) is 8.99. The lowest BCUT2D eigenvalue weighted by molar-refractivity contribution is 0.0369. The van der Waals surface area contributed by atoms with Gasteiger partial charge in [-0.3, -0.25) is 10.2 Å². The Morgan fingerprint density at radius 3 is 2.58 bits per heavy atom. The first kappa shape index (κ1) is 14.8. The van der Waals surface area contributed by atoms with Gasteiger partial charge in [0.2, 0.25) is 0 Å². The van der Waals surface area contributed by atoms with Gasteiger partial charge in [0.1, 0.15) is 0 Å². The van der Waals surface area contributed by atoms with Crippen LogP contribution < -0.4 is 5.43 Å². The molecule has 2 rings (SSSR count). The van der Waals surface area contributed by atoms with Crippen molar-refractivity contribution in [3.05, 3.63) is 33.3 Å². The maximum Gasteiger partial charge on any atom is 0.266 e. The Kier molecular flexibility index (Phi) is 4.87. The number of rotatable bonds is 2. The van der Waals surface area contributed by atoms with Gasteiger partial charge in [-0.2, -0.15) is 0 Å². The number of hydrazine groups is 1. The van der Waals surface area contributed by atoms with Gasteiger partial charge in [-0.15, -0.1) is 0 Å². The Bertz CT molecular complexity index is 471. The third-order valence-corrected chi connectivity index (χ3v) is 4.49. The monoisotopic (exact) mass is 344 g/mol. The molecule has 1 aliphatic heterocycles. The van der Waals surface area contributed by atoms with E-state index in [4.69, 9.17) is 11.6 Å². The topological polar surface area (TPSA) is 32.3 Å². The molecular weight excluding hydrogens is 328 g/mol. The average Bonchev–Trinajstić information content (AvgIpc) is 2.33. The maximum atomic E-state index is 12.3. The molecule has 2 atom stereocenters. The molecule has 0 saturated carbocycles. The Labute approximate surface area is 127 Å². The number of benzene rings is 1. The number of carbonyl (C=O) groups excluding carboxylic acids is 1. The van der Waals surface area contributed by atoms with Gasteiger partial charge in [-0.25, -0.2) is 5.01 Å². The molecule has 1 heterocycles. The number of amides is 1. The normalized spacial score (nSPS) is 24.2. The van der Waals surface area contributed by atoms with E-state index in [1.807, 2.05) is 0 Å². The Balaban J connectivity index is 2.11. The molecule has 0 bridgehead atoms. The van der Waals surface area contributed by atoms with Crippen molar-refractivity contribution in [3.8, 4) is 0 Å². The van der Waals surface area contributed by atoms with Crippen LogP contribution in [0.3, 0.4) is 0 Å². The zero-order valence-electron chi connectivity index (χ0n) is 11.1. The molecule has 19 heavy (non-hydrogen) atoms. The van der Waals surface area contributed by atoms with E-state index in [2.05, 4.69) is 40.2 Å². The summed E-state index contributed by atoms with van der Waals surface area (Å²) in [5.74, 6) is -0.0934. The molecule has 104 valence electrons. The molecule has 0 spiro atoms. The Morgan fingerprint density at radius 2 is 2.00 bits per heavy atom. The third-order valence-electron chi connectivity index (χ3n) is 3.60. The number of piperidine rings is 1. The van der Waals surface area contributed by atoms with Crippen molar-refractivity contribution in [3.63, 3.8) is 0 Å². The zero-order chi connectivity index (χ0) is 14.0. The predicted octanol–water partition coefficient (Wildman–Crippen LogP) is 4.01. The summed E-state index contributed by atoms with van der Waals surface area (Å²) in [4.78, 5) is 12.3. The Morgan fingerprint density at radius 1 is 1.37 bits per heavy atom. The van der Waals surface area contributed by atoms with Crippen LogP contribution in [0.15, 0.2) is 22.7 Å². The van der Waals surface area contributed by atoms with Gasteiger partial charge in [0.25, 0.3) is 5.91 Å². The number of carbonyl (C=O) groups is 1. The Hall–Kier alpha value is -0.580. The van der Waals surface area contributed by atoms with Crippen molar-refractivity contribution in [2.75, 3.05) is 0 Å². The van der Waals surface area contributed by atoms with Gasteiger partial charge in [-0.05, 0) is 60.8 Å². The lowest BCUT2D eigenvalue weighted by Gasteiger charge is -2.38. The van der Waals surface area contributed by atoms with Crippen molar-refractivity contribution in [1.82, 2.24) is 10.4 Å². The largest absolute Gasteiger partial charge is 0.284 e. The number of nitrogens with zero attached hydrogens (tertiary/aromatic N) is 1. The summed E-state index contributed by atoms with van der Waals surface area (Å²) < 4.78 is 0.717. The fraction of sp³-hybridized carbons (Fsp3) is 0.500. The summed E-state index contributed by atoms with van der Waals surface area (Å²) in [6.07, 6.45) is 3.46. The molecule has 2 unspecified atom stereocenters. The van der Waals surface area contributed by atoms with Crippen LogP contribution in [-0.2, 0) is 0 Å². The third kappa shape index (κ3) is 3.50.